The van der Waals surface area contributed by atoms with E-state index in [4.69, 9.17) is 11.2 Å². The Morgan fingerprint density at radius 2 is 2.25 bits per heavy atom. The van der Waals surface area contributed by atoms with E-state index in [9.17, 15) is 0 Å². The highest BCUT2D eigenvalue weighted by Gasteiger charge is 1.59. The van der Waals surface area contributed by atoms with Crippen molar-refractivity contribution < 1.29 is 4.52 Å². The summed E-state index contributed by atoms with van der Waals surface area (Å²) in [5.74, 6) is 0. The van der Waals surface area contributed by atoms with Crippen molar-refractivity contribution in [3.63, 3.8) is 0 Å². The summed E-state index contributed by atoms with van der Waals surface area (Å²) in [6.07, 6.45) is 0. The molecule has 0 atom stereocenters. The fraction of sp³-hybridized carbons (Fsp3) is 1.00. The van der Waals surface area contributed by atoms with E-state index in [1.807, 2.05) is 0 Å². The lowest BCUT2D eigenvalue weighted by molar-refractivity contribution is 0.484. The van der Waals surface area contributed by atoms with Crippen molar-refractivity contribution in [3.8, 4) is 0 Å². The first kappa shape index (κ1) is 4.68. The second-order valence-electron chi connectivity index (χ2n) is 0.252. The Morgan fingerprint density at radius 1 is 2.00 bits per heavy atom. The lowest BCUT2D eigenvalue weighted by atomic mass is 11.8. The molecule has 0 aromatic heterocycles. The van der Waals surface area contributed by atoms with Crippen LogP contribution in [-0.2, 0) is 4.52 Å². The molecule has 0 fully saturated rings. The van der Waals surface area contributed by atoms with Crippen molar-refractivity contribution in [2.45, 2.75) is 0 Å². The van der Waals surface area contributed by atoms with Crippen LogP contribution in [0.25, 0.3) is 0 Å². The summed E-state index contributed by atoms with van der Waals surface area (Å²) in [6, 6.07) is 0. The Balaban J connectivity index is 1.97. The van der Waals surface area contributed by atoms with Crippen molar-refractivity contribution in [2.75, 3.05) is 7.11 Å². The van der Waals surface area contributed by atoms with Crippen LogP contribution in [0.5, 0.6) is 0 Å². The van der Waals surface area contributed by atoms with Gasteiger partial charge in [-0.15, -0.1) is 0 Å². The van der Waals surface area contributed by atoms with Crippen LogP contribution in [0, 0.1) is 0 Å². The summed E-state index contributed by atoms with van der Waals surface area (Å²) in [6.45, 7) is 0. The van der Waals surface area contributed by atoms with Crippen molar-refractivity contribution in [3.05, 3.63) is 0 Å². The van der Waals surface area contributed by atoms with Gasteiger partial charge in [0.05, 0.1) is 0 Å². The van der Waals surface area contributed by atoms with Crippen LogP contribution >= 0.6 is 19.4 Å². The molecule has 1 radical (unpaired) electrons. The zero-order valence-corrected chi connectivity index (χ0v) is 3.88. The molecular formula is CH3ClOP. The van der Waals surface area contributed by atoms with Gasteiger partial charge in [0, 0.05) is 7.11 Å². The fourth-order valence-corrected chi connectivity index (χ4v) is 0. The molecule has 0 bridgehead atoms. The normalized spacial score (nSPS) is 10.5. The van der Waals surface area contributed by atoms with E-state index >= 15 is 0 Å². The molecule has 0 amide bonds. The summed E-state index contributed by atoms with van der Waals surface area (Å²) in [5, 5.41) is 0. The standard InChI is InChI=1S/CH3ClOP/c1-3-4-2/h1H3. The first-order valence-electron chi connectivity index (χ1n) is 0.760. The van der Waals surface area contributed by atoms with Crippen molar-refractivity contribution in [2.24, 2.45) is 0 Å². The maximum absolute atomic E-state index is 4.94. The van der Waals surface area contributed by atoms with Gasteiger partial charge in [-0.2, -0.15) is 0 Å². The lowest BCUT2D eigenvalue weighted by Crippen LogP contribution is -1.43. The van der Waals surface area contributed by atoms with Gasteiger partial charge in [-0.1, -0.05) is 11.2 Å². The van der Waals surface area contributed by atoms with E-state index in [1.165, 1.54) is 7.11 Å². The molecule has 0 aliphatic rings. The highest BCUT2D eigenvalue weighted by Crippen LogP contribution is 2.13. The predicted molar refractivity (Wildman–Crippen MR) is 19.8 cm³/mol. The van der Waals surface area contributed by atoms with Gasteiger partial charge in [-0.25, -0.2) is 0 Å². The molecular weight excluding hydrogens is 94.4 g/mol. The second-order valence-corrected chi connectivity index (χ2v) is 1.17. The maximum Gasteiger partial charge on any atom is 0.194 e. The van der Waals surface area contributed by atoms with Gasteiger partial charge in [0.1, 0.15) is 0 Å². The number of hydrogen-bond acceptors (Lipinski definition) is 1. The molecule has 0 spiro atoms. The SMILES string of the molecule is CO[P]Cl. The Bertz CT molecular complexity index is 10.0. The van der Waals surface area contributed by atoms with Gasteiger partial charge in [0.25, 0.3) is 0 Å². The molecule has 0 aliphatic carbocycles. The zero-order valence-electron chi connectivity index (χ0n) is 2.23. The molecule has 1 nitrogen and oxygen atoms in total. The number of rotatable bonds is 1. The summed E-state index contributed by atoms with van der Waals surface area (Å²) < 4.78 is 4.28. The molecule has 4 heavy (non-hydrogen) atoms. The van der Waals surface area contributed by atoms with Crippen LogP contribution in [0.4, 0.5) is 0 Å². The van der Waals surface area contributed by atoms with Gasteiger partial charge < -0.3 is 4.52 Å². The summed E-state index contributed by atoms with van der Waals surface area (Å²) >= 11 is 4.94. The molecule has 0 aromatic carbocycles. The van der Waals surface area contributed by atoms with Crippen molar-refractivity contribution in [1.82, 2.24) is 0 Å². The molecule has 0 saturated carbocycles. The smallest absolute Gasteiger partial charge is 0.194 e. The largest absolute Gasteiger partial charge is 0.341 e. The first-order chi connectivity index (χ1) is 1.91. The summed E-state index contributed by atoms with van der Waals surface area (Å²) in [7, 11) is 2.01. The highest BCUT2D eigenvalue weighted by molar-refractivity contribution is 7.64. The Kier molecular flexibility index (Phi) is 4.31. The van der Waals surface area contributed by atoms with E-state index in [2.05, 4.69) is 4.52 Å². The van der Waals surface area contributed by atoms with E-state index in [0.29, 0.717) is 8.16 Å². The minimum absolute atomic E-state index is 0.471. The van der Waals surface area contributed by atoms with Gasteiger partial charge in [0.2, 0.25) is 0 Å². The Hall–Kier alpha value is 0.680. The van der Waals surface area contributed by atoms with Crippen LogP contribution in [0.3, 0.4) is 0 Å². The molecule has 0 unspecified atom stereocenters. The van der Waals surface area contributed by atoms with E-state index in [1.54, 1.807) is 0 Å². The topological polar surface area (TPSA) is 9.23 Å². The van der Waals surface area contributed by atoms with Crippen LogP contribution in [0.15, 0.2) is 0 Å². The van der Waals surface area contributed by atoms with Crippen LogP contribution in [0.2, 0.25) is 0 Å². The average Bonchev–Trinajstić information content (AvgIpc) is 1.37. The first-order valence-corrected chi connectivity index (χ1v) is 2.48. The molecule has 0 N–H and O–H groups in total. The molecule has 3 heteroatoms. The third kappa shape index (κ3) is 2.68. The molecule has 0 aromatic rings. The lowest BCUT2D eigenvalue weighted by Gasteiger charge is -1.70. The van der Waals surface area contributed by atoms with Crippen molar-refractivity contribution in [1.29, 1.82) is 0 Å². The third-order valence-corrected chi connectivity index (χ3v) is 0.621. The van der Waals surface area contributed by atoms with E-state index < -0.39 is 0 Å². The van der Waals surface area contributed by atoms with E-state index in [0.717, 1.165) is 0 Å². The monoisotopic (exact) mass is 97.0 g/mol. The molecule has 0 saturated heterocycles. The van der Waals surface area contributed by atoms with Crippen LogP contribution in [-0.4, -0.2) is 7.11 Å². The molecule has 0 heterocycles. The fourth-order valence-electron chi connectivity index (χ4n) is 0. The minimum atomic E-state index is 0.471. The van der Waals surface area contributed by atoms with E-state index in [-0.39, 0.29) is 0 Å². The summed E-state index contributed by atoms with van der Waals surface area (Å²) in [5.41, 5.74) is 0. The molecule has 0 aliphatic heterocycles. The van der Waals surface area contributed by atoms with Gasteiger partial charge >= 0.3 is 0 Å². The van der Waals surface area contributed by atoms with Gasteiger partial charge in [0.15, 0.2) is 8.16 Å². The second kappa shape index (κ2) is 3.68. The predicted octanol–water partition coefficient (Wildman–Crippen LogP) is 1.65. The molecule has 25 valence electrons. The third-order valence-electron chi connectivity index (χ3n) is 0.0690. The van der Waals surface area contributed by atoms with Gasteiger partial charge in [-0.05, 0) is 0 Å². The molecule has 0 rings (SSSR count). The zero-order chi connectivity index (χ0) is 3.41. The average molecular weight is 97.5 g/mol. The summed E-state index contributed by atoms with van der Waals surface area (Å²) in [4.78, 5) is 0. The van der Waals surface area contributed by atoms with Gasteiger partial charge in [-0.3, -0.25) is 0 Å². The number of halogens is 1. The Morgan fingerprint density at radius 3 is 2.25 bits per heavy atom. The number of hydrogen-bond donors (Lipinski definition) is 0. The van der Waals surface area contributed by atoms with Crippen LogP contribution < -0.4 is 0 Å². The maximum atomic E-state index is 4.94. The van der Waals surface area contributed by atoms with Crippen molar-refractivity contribution >= 4 is 19.4 Å². The minimum Gasteiger partial charge on any atom is -0.341 e. The quantitative estimate of drug-likeness (QED) is 0.452. The highest BCUT2D eigenvalue weighted by atomic mass is 35.7. The Labute approximate surface area is 31.9 Å². The van der Waals surface area contributed by atoms with Crippen LogP contribution in [0.1, 0.15) is 0 Å².